The number of amides is 2. The average Bonchev–Trinajstić information content (AvgIpc) is 2.97. The number of aliphatic carboxylic acids is 1. The highest BCUT2D eigenvalue weighted by Gasteiger charge is 2.26. The predicted octanol–water partition coefficient (Wildman–Crippen LogP) is 2.99. The molecule has 1 fully saturated rings. The van der Waals surface area contributed by atoms with Crippen molar-refractivity contribution >= 4 is 28.6 Å². The molecule has 25 heavy (non-hydrogen) atoms. The van der Waals surface area contributed by atoms with Crippen LogP contribution in [0.25, 0.3) is 10.9 Å². The molecule has 1 saturated carbocycles. The number of nitrogens with zero attached hydrogens (tertiary/aromatic N) is 2. The molecule has 3 N–H and O–H groups in total. The first-order valence-electron chi connectivity index (χ1n) is 8.43. The molecule has 1 aliphatic rings. The average molecular weight is 342 g/mol. The van der Waals surface area contributed by atoms with Gasteiger partial charge in [0.2, 0.25) is 0 Å². The Bertz CT molecular complexity index is 791. The van der Waals surface area contributed by atoms with Crippen molar-refractivity contribution in [3.8, 4) is 0 Å². The molecular weight excluding hydrogens is 320 g/mol. The number of hydrogen-bond acceptors (Lipinski definition) is 3. The summed E-state index contributed by atoms with van der Waals surface area (Å²) in [7, 11) is 0. The van der Waals surface area contributed by atoms with Gasteiger partial charge in [-0.15, -0.1) is 6.58 Å². The Labute approximate surface area is 145 Å². The topological polar surface area (TPSA) is 96.2 Å². The van der Waals surface area contributed by atoms with E-state index in [1.54, 1.807) is 10.8 Å². The van der Waals surface area contributed by atoms with Crippen molar-refractivity contribution in [2.24, 2.45) is 5.92 Å². The standard InChI is InChI=1S/C18H22N4O3/c1-2-9-22-11-13-5-8-15(10-16(13)21-22)20-18(25)19-14-6-3-12(4-7-14)17(23)24/h2,5,8,10-12,14H,1,3-4,6-7,9H2,(H,23,24)(H2,19,20,25). The van der Waals surface area contributed by atoms with E-state index >= 15 is 0 Å². The van der Waals surface area contributed by atoms with Crippen LogP contribution in [0.15, 0.2) is 37.1 Å². The van der Waals surface area contributed by atoms with Crippen LogP contribution in [0.1, 0.15) is 25.7 Å². The fourth-order valence-corrected chi connectivity index (χ4v) is 3.21. The number of benzene rings is 1. The van der Waals surface area contributed by atoms with Gasteiger partial charge >= 0.3 is 12.0 Å². The number of nitrogens with one attached hydrogen (secondary N) is 2. The lowest BCUT2D eigenvalue weighted by molar-refractivity contribution is -0.142. The highest BCUT2D eigenvalue weighted by Crippen LogP contribution is 2.24. The quantitative estimate of drug-likeness (QED) is 0.728. The van der Waals surface area contributed by atoms with Crippen LogP contribution in [-0.2, 0) is 11.3 Å². The lowest BCUT2D eigenvalue weighted by Crippen LogP contribution is -2.40. The Morgan fingerprint density at radius 2 is 2.08 bits per heavy atom. The molecule has 0 bridgehead atoms. The van der Waals surface area contributed by atoms with E-state index in [-0.39, 0.29) is 18.0 Å². The Kier molecular flexibility index (Phi) is 5.02. The molecule has 1 aliphatic carbocycles. The Balaban J connectivity index is 1.56. The summed E-state index contributed by atoms with van der Waals surface area (Å²) < 4.78 is 1.79. The van der Waals surface area contributed by atoms with E-state index in [1.807, 2.05) is 24.4 Å². The van der Waals surface area contributed by atoms with Crippen molar-refractivity contribution in [1.29, 1.82) is 0 Å². The smallest absolute Gasteiger partial charge is 0.319 e. The second-order valence-electron chi connectivity index (χ2n) is 6.40. The summed E-state index contributed by atoms with van der Waals surface area (Å²) in [6, 6.07) is 5.32. The van der Waals surface area contributed by atoms with Crippen LogP contribution in [-0.4, -0.2) is 32.9 Å². The van der Waals surface area contributed by atoms with Gasteiger partial charge in [0, 0.05) is 23.3 Å². The van der Waals surface area contributed by atoms with Crippen molar-refractivity contribution in [3.63, 3.8) is 0 Å². The molecule has 1 aromatic heterocycles. The van der Waals surface area contributed by atoms with Crippen molar-refractivity contribution in [2.75, 3.05) is 5.32 Å². The maximum Gasteiger partial charge on any atom is 0.319 e. The van der Waals surface area contributed by atoms with Crippen LogP contribution in [0.3, 0.4) is 0 Å². The maximum atomic E-state index is 12.2. The van der Waals surface area contributed by atoms with Crippen LogP contribution in [0.4, 0.5) is 10.5 Å². The number of hydrogen-bond donors (Lipinski definition) is 3. The molecule has 132 valence electrons. The van der Waals surface area contributed by atoms with Crippen LogP contribution in [0.5, 0.6) is 0 Å². The predicted molar refractivity (Wildman–Crippen MR) is 95.5 cm³/mol. The van der Waals surface area contributed by atoms with Gasteiger partial charge in [0.05, 0.1) is 18.0 Å². The zero-order valence-corrected chi connectivity index (χ0v) is 13.9. The van der Waals surface area contributed by atoms with E-state index < -0.39 is 5.97 Å². The molecule has 0 aliphatic heterocycles. The maximum absolute atomic E-state index is 12.2. The van der Waals surface area contributed by atoms with Gasteiger partial charge in [-0.2, -0.15) is 5.10 Å². The second kappa shape index (κ2) is 7.38. The molecule has 0 unspecified atom stereocenters. The highest BCUT2D eigenvalue weighted by atomic mass is 16.4. The molecule has 7 nitrogen and oxygen atoms in total. The van der Waals surface area contributed by atoms with Gasteiger partial charge in [-0.25, -0.2) is 4.79 Å². The van der Waals surface area contributed by atoms with Gasteiger partial charge in [-0.3, -0.25) is 9.48 Å². The first-order chi connectivity index (χ1) is 12.0. The number of aromatic nitrogens is 2. The molecule has 2 amide bonds. The minimum absolute atomic E-state index is 0.0196. The first-order valence-corrected chi connectivity index (χ1v) is 8.43. The zero-order chi connectivity index (χ0) is 17.8. The number of allylic oxidation sites excluding steroid dienone is 1. The van der Waals surface area contributed by atoms with Gasteiger partial charge in [-0.1, -0.05) is 6.08 Å². The Hall–Kier alpha value is -2.83. The monoisotopic (exact) mass is 342 g/mol. The van der Waals surface area contributed by atoms with E-state index in [2.05, 4.69) is 22.3 Å². The lowest BCUT2D eigenvalue weighted by atomic mass is 9.86. The summed E-state index contributed by atoms with van der Waals surface area (Å²) in [5.74, 6) is -1.03. The summed E-state index contributed by atoms with van der Waals surface area (Å²) in [5.41, 5.74) is 1.48. The molecule has 0 atom stereocenters. The van der Waals surface area contributed by atoms with Gasteiger partial charge in [0.15, 0.2) is 0 Å². The van der Waals surface area contributed by atoms with Crippen molar-refractivity contribution < 1.29 is 14.7 Å². The Morgan fingerprint density at radius 3 is 2.76 bits per heavy atom. The van der Waals surface area contributed by atoms with Crippen LogP contribution in [0.2, 0.25) is 0 Å². The third-order valence-electron chi connectivity index (χ3n) is 4.54. The van der Waals surface area contributed by atoms with E-state index in [4.69, 9.17) is 5.11 Å². The van der Waals surface area contributed by atoms with Crippen LogP contribution >= 0.6 is 0 Å². The van der Waals surface area contributed by atoms with Crippen molar-refractivity contribution in [1.82, 2.24) is 15.1 Å². The molecule has 0 spiro atoms. The number of carbonyl (C=O) groups is 2. The number of fused-ring (bicyclic) bond motifs is 1. The highest BCUT2D eigenvalue weighted by molar-refractivity contribution is 5.92. The molecular formula is C18H22N4O3. The third kappa shape index (κ3) is 4.17. The number of anilines is 1. The van der Waals surface area contributed by atoms with Gasteiger partial charge < -0.3 is 15.7 Å². The third-order valence-corrected chi connectivity index (χ3v) is 4.54. The summed E-state index contributed by atoms with van der Waals surface area (Å²) in [6.45, 7) is 4.33. The molecule has 2 aromatic rings. The van der Waals surface area contributed by atoms with Crippen LogP contribution in [0, 0.1) is 5.92 Å². The molecule has 3 rings (SSSR count). The fourth-order valence-electron chi connectivity index (χ4n) is 3.21. The van der Waals surface area contributed by atoms with Crippen molar-refractivity contribution in [2.45, 2.75) is 38.3 Å². The van der Waals surface area contributed by atoms with Gasteiger partial charge in [0.25, 0.3) is 0 Å². The molecule has 1 aromatic carbocycles. The van der Waals surface area contributed by atoms with Gasteiger partial charge in [-0.05, 0) is 43.9 Å². The van der Waals surface area contributed by atoms with Crippen LogP contribution < -0.4 is 10.6 Å². The minimum atomic E-state index is -0.743. The van der Waals surface area contributed by atoms with E-state index in [9.17, 15) is 9.59 Å². The largest absolute Gasteiger partial charge is 0.481 e. The number of carbonyl (C=O) groups excluding carboxylic acids is 1. The summed E-state index contributed by atoms with van der Waals surface area (Å²) in [6.07, 6.45) is 6.30. The number of urea groups is 1. The first kappa shape index (κ1) is 17.0. The van der Waals surface area contributed by atoms with Gasteiger partial charge in [0.1, 0.15) is 0 Å². The molecule has 0 radical (unpaired) electrons. The summed E-state index contributed by atoms with van der Waals surface area (Å²) in [5, 5.41) is 20.2. The van der Waals surface area contributed by atoms with E-state index in [1.165, 1.54) is 0 Å². The van der Waals surface area contributed by atoms with Crippen molar-refractivity contribution in [3.05, 3.63) is 37.1 Å². The SMILES string of the molecule is C=CCn1cc2ccc(NC(=O)NC3CCC(C(=O)O)CC3)cc2n1. The minimum Gasteiger partial charge on any atom is -0.481 e. The van der Waals surface area contributed by atoms with E-state index in [0.717, 1.165) is 10.9 Å². The molecule has 7 heteroatoms. The number of carboxylic acids is 1. The molecule has 0 saturated heterocycles. The second-order valence-corrected chi connectivity index (χ2v) is 6.40. The zero-order valence-electron chi connectivity index (χ0n) is 13.9. The summed E-state index contributed by atoms with van der Waals surface area (Å²) >= 11 is 0. The van der Waals surface area contributed by atoms with E-state index in [0.29, 0.717) is 37.9 Å². The lowest BCUT2D eigenvalue weighted by Gasteiger charge is -2.26. The Morgan fingerprint density at radius 1 is 1.32 bits per heavy atom. The normalized spacial score (nSPS) is 20.2. The molecule has 1 heterocycles. The number of rotatable bonds is 5. The summed E-state index contributed by atoms with van der Waals surface area (Å²) in [4.78, 5) is 23.1. The number of carboxylic acid groups (broad SMARTS) is 1. The fraction of sp³-hybridized carbons (Fsp3) is 0.389.